The van der Waals surface area contributed by atoms with Crippen LogP contribution in [0.25, 0.3) is 0 Å². The molecule has 1 aliphatic heterocycles. The molecule has 1 aromatic carbocycles. The van der Waals surface area contributed by atoms with E-state index in [4.69, 9.17) is 0 Å². The maximum absolute atomic E-state index is 11.8. The number of hydrogen-bond acceptors (Lipinski definition) is 3. The number of fused-ring (bicyclic) bond motifs is 1. The molecule has 1 atom stereocenters. The fourth-order valence-corrected chi connectivity index (χ4v) is 2.41. The van der Waals surface area contributed by atoms with Crippen molar-refractivity contribution >= 4 is 33.4 Å². The quantitative estimate of drug-likeness (QED) is 0.879. The number of halogens is 1. The largest absolute Gasteiger partial charge is 0.348 e. The van der Waals surface area contributed by atoms with E-state index in [1.165, 1.54) is 4.90 Å². The molecule has 2 rings (SSSR count). The first-order valence-corrected chi connectivity index (χ1v) is 6.33. The van der Waals surface area contributed by atoms with Crippen molar-refractivity contribution in [3.05, 3.63) is 28.2 Å². The Labute approximate surface area is 114 Å². The van der Waals surface area contributed by atoms with Gasteiger partial charge in [0, 0.05) is 29.8 Å². The molecule has 2 amide bonds. The average Bonchev–Trinajstić information content (AvgIpc) is 2.63. The summed E-state index contributed by atoms with van der Waals surface area (Å²) in [5.41, 5.74) is 1.64. The summed E-state index contributed by atoms with van der Waals surface area (Å²) in [4.78, 5) is 24.9. The van der Waals surface area contributed by atoms with Crippen LogP contribution in [-0.2, 0) is 9.59 Å². The van der Waals surface area contributed by atoms with Crippen LogP contribution < -0.4 is 10.6 Å². The van der Waals surface area contributed by atoms with Crippen molar-refractivity contribution in [1.82, 2.24) is 10.2 Å². The average molecular weight is 312 g/mol. The molecule has 0 aromatic heterocycles. The Morgan fingerprint density at radius 3 is 2.89 bits per heavy atom. The van der Waals surface area contributed by atoms with Gasteiger partial charge in [0.05, 0.1) is 6.54 Å². The minimum atomic E-state index is -0.487. The summed E-state index contributed by atoms with van der Waals surface area (Å²) >= 11 is 3.42. The highest BCUT2D eigenvalue weighted by Gasteiger charge is 2.32. The zero-order valence-corrected chi connectivity index (χ0v) is 11.7. The van der Waals surface area contributed by atoms with E-state index < -0.39 is 6.04 Å². The summed E-state index contributed by atoms with van der Waals surface area (Å²) in [6.45, 7) is 0.131. The van der Waals surface area contributed by atoms with Crippen LogP contribution >= 0.6 is 15.9 Å². The van der Waals surface area contributed by atoms with Crippen molar-refractivity contribution in [1.29, 1.82) is 0 Å². The fourth-order valence-electron chi connectivity index (χ4n) is 1.82. The zero-order valence-electron chi connectivity index (χ0n) is 10.2. The Morgan fingerprint density at radius 1 is 1.50 bits per heavy atom. The number of benzene rings is 1. The molecule has 1 aliphatic rings. The minimum Gasteiger partial charge on any atom is -0.348 e. The van der Waals surface area contributed by atoms with Gasteiger partial charge in [0.15, 0.2) is 0 Å². The molecule has 0 saturated heterocycles. The summed E-state index contributed by atoms with van der Waals surface area (Å²) in [6, 6.07) is 5.09. The maximum Gasteiger partial charge on any atom is 0.246 e. The Hall–Kier alpha value is -1.40. The number of nitrogens with one attached hydrogen (secondary N) is 2. The van der Waals surface area contributed by atoms with Gasteiger partial charge in [-0.1, -0.05) is 22.0 Å². The van der Waals surface area contributed by atoms with Crippen LogP contribution in [0, 0.1) is 0 Å². The highest BCUT2D eigenvalue weighted by atomic mass is 79.9. The number of carbonyl (C=O) groups is 2. The smallest absolute Gasteiger partial charge is 0.246 e. The van der Waals surface area contributed by atoms with Crippen molar-refractivity contribution in [2.45, 2.75) is 6.04 Å². The summed E-state index contributed by atoms with van der Waals surface area (Å²) in [6.07, 6.45) is 0. The van der Waals surface area contributed by atoms with Crippen molar-refractivity contribution < 1.29 is 9.59 Å². The number of nitrogens with zero attached hydrogens (tertiary/aromatic N) is 1. The predicted octanol–water partition coefficient (Wildman–Crippen LogP) is 1.12. The lowest BCUT2D eigenvalue weighted by atomic mass is 10.1. The molecule has 18 heavy (non-hydrogen) atoms. The second kappa shape index (κ2) is 5.07. The van der Waals surface area contributed by atoms with E-state index in [-0.39, 0.29) is 18.4 Å². The first kappa shape index (κ1) is 13.0. The molecule has 96 valence electrons. The third-order valence-electron chi connectivity index (χ3n) is 2.82. The van der Waals surface area contributed by atoms with Crippen molar-refractivity contribution in [2.75, 3.05) is 26.0 Å². The van der Waals surface area contributed by atoms with E-state index in [9.17, 15) is 9.59 Å². The normalized spacial score (nSPS) is 17.3. The van der Waals surface area contributed by atoms with Crippen LogP contribution in [0.2, 0.25) is 0 Å². The van der Waals surface area contributed by atoms with E-state index >= 15 is 0 Å². The number of carbonyl (C=O) groups excluding carboxylic acids is 2. The minimum absolute atomic E-state index is 0.0664. The molecule has 1 unspecified atom stereocenters. The standard InChI is InChI=1S/C12H14BrN3O2/c1-16(2)9(17)6-14-11-10-7(13)4-3-5-8(10)15-12(11)18/h3-5,11,14H,6H2,1-2H3,(H,15,18). The number of rotatable bonds is 3. The highest BCUT2D eigenvalue weighted by molar-refractivity contribution is 9.10. The Bertz CT molecular complexity index is 502. The lowest BCUT2D eigenvalue weighted by molar-refractivity contribution is -0.128. The van der Waals surface area contributed by atoms with Crippen LogP contribution in [0.4, 0.5) is 5.69 Å². The van der Waals surface area contributed by atoms with Crippen LogP contribution in [0.1, 0.15) is 11.6 Å². The molecule has 0 aliphatic carbocycles. The first-order chi connectivity index (χ1) is 8.50. The molecule has 5 nitrogen and oxygen atoms in total. The van der Waals surface area contributed by atoms with E-state index in [1.54, 1.807) is 14.1 Å². The van der Waals surface area contributed by atoms with E-state index in [1.807, 2.05) is 18.2 Å². The maximum atomic E-state index is 11.8. The van der Waals surface area contributed by atoms with Crippen molar-refractivity contribution in [2.24, 2.45) is 0 Å². The van der Waals surface area contributed by atoms with Gasteiger partial charge in [0.25, 0.3) is 0 Å². The molecule has 0 radical (unpaired) electrons. The van der Waals surface area contributed by atoms with Gasteiger partial charge in [-0.05, 0) is 12.1 Å². The predicted molar refractivity (Wildman–Crippen MR) is 72.2 cm³/mol. The molecule has 0 fully saturated rings. The molecular formula is C12H14BrN3O2. The molecule has 0 bridgehead atoms. The summed E-state index contributed by atoms with van der Waals surface area (Å²) < 4.78 is 0.855. The molecular weight excluding hydrogens is 298 g/mol. The summed E-state index contributed by atoms with van der Waals surface area (Å²) in [7, 11) is 3.37. The van der Waals surface area contributed by atoms with Gasteiger partial charge in [0.2, 0.25) is 11.8 Å². The second-order valence-electron chi connectivity index (χ2n) is 4.29. The van der Waals surface area contributed by atoms with Gasteiger partial charge in [-0.15, -0.1) is 0 Å². The van der Waals surface area contributed by atoms with Gasteiger partial charge < -0.3 is 10.2 Å². The Morgan fingerprint density at radius 2 is 2.22 bits per heavy atom. The van der Waals surface area contributed by atoms with Gasteiger partial charge in [-0.3, -0.25) is 14.9 Å². The number of anilines is 1. The molecule has 1 aromatic rings. The van der Waals surface area contributed by atoms with Gasteiger partial charge >= 0.3 is 0 Å². The van der Waals surface area contributed by atoms with Gasteiger partial charge in [0.1, 0.15) is 6.04 Å². The molecule has 0 saturated carbocycles. The monoisotopic (exact) mass is 311 g/mol. The van der Waals surface area contributed by atoms with Crippen LogP contribution in [-0.4, -0.2) is 37.4 Å². The molecule has 6 heteroatoms. The van der Waals surface area contributed by atoms with E-state index in [2.05, 4.69) is 26.6 Å². The Balaban J connectivity index is 2.16. The molecule has 2 N–H and O–H groups in total. The third-order valence-corrected chi connectivity index (χ3v) is 3.51. The second-order valence-corrected chi connectivity index (χ2v) is 5.15. The van der Waals surface area contributed by atoms with Crippen LogP contribution in [0.15, 0.2) is 22.7 Å². The van der Waals surface area contributed by atoms with Gasteiger partial charge in [-0.2, -0.15) is 0 Å². The lowest BCUT2D eigenvalue weighted by Crippen LogP contribution is -2.37. The summed E-state index contributed by atoms with van der Waals surface area (Å²) in [5.74, 6) is -0.202. The number of hydrogen-bond donors (Lipinski definition) is 2. The Kier molecular flexibility index (Phi) is 3.68. The third kappa shape index (κ3) is 2.39. The molecule has 0 spiro atoms. The van der Waals surface area contributed by atoms with Crippen molar-refractivity contribution in [3.63, 3.8) is 0 Å². The SMILES string of the molecule is CN(C)C(=O)CNC1C(=O)Nc2cccc(Br)c21. The van der Waals surface area contributed by atoms with Gasteiger partial charge in [-0.25, -0.2) is 0 Å². The zero-order chi connectivity index (χ0) is 13.3. The highest BCUT2D eigenvalue weighted by Crippen LogP contribution is 2.36. The lowest BCUT2D eigenvalue weighted by Gasteiger charge is -2.15. The number of amides is 2. The molecule has 1 heterocycles. The first-order valence-electron chi connectivity index (χ1n) is 5.53. The summed E-state index contributed by atoms with van der Waals surface area (Å²) in [5, 5.41) is 5.76. The fraction of sp³-hybridized carbons (Fsp3) is 0.333. The van der Waals surface area contributed by atoms with Crippen molar-refractivity contribution in [3.8, 4) is 0 Å². The van der Waals surface area contributed by atoms with E-state index in [0.717, 1.165) is 15.7 Å². The number of likely N-dealkylation sites (N-methyl/N-ethyl adjacent to an activating group) is 1. The van der Waals surface area contributed by atoms with E-state index in [0.29, 0.717) is 0 Å². The van der Waals surface area contributed by atoms with Crippen LogP contribution in [0.5, 0.6) is 0 Å². The van der Waals surface area contributed by atoms with Crippen LogP contribution in [0.3, 0.4) is 0 Å². The topological polar surface area (TPSA) is 61.4 Å².